The summed E-state index contributed by atoms with van der Waals surface area (Å²) in [6.45, 7) is 1.39. The van der Waals surface area contributed by atoms with Crippen LogP contribution in [0.25, 0.3) is 10.2 Å². The lowest BCUT2D eigenvalue weighted by atomic mass is 10.2. The number of hydrogen-bond donors (Lipinski definition) is 0. The SMILES string of the molecule is COc1nn(C)cc1C(=O)N(CCCN(C)C)c1nc2c(Cl)cccc2s1.Cl. The first kappa shape index (κ1) is 22.4. The molecule has 0 aliphatic rings. The van der Waals surface area contributed by atoms with Crippen molar-refractivity contribution < 1.29 is 9.53 Å². The van der Waals surface area contributed by atoms with Crippen molar-refractivity contribution in [1.82, 2.24) is 19.7 Å². The molecule has 1 amide bonds. The van der Waals surface area contributed by atoms with Crippen molar-refractivity contribution in [2.75, 3.05) is 39.2 Å². The van der Waals surface area contributed by atoms with Crippen LogP contribution < -0.4 is 9.64 Å². The monoisotopic (exact) mass is 443 g/mol. The number of para-hydroxylation sites is 1. The van der Waals surface area contributed by atoms with Gasteiger partial charge in [0.2, 0.25) is 5.88 Å². The van der Waals surface area contributed by atoms with Crippen LogP contribution in [0.5, 0.6) is 5.88 Å². The Bertz CT molecular complexity index is 957. The number of halogens is 2. The highest BCUT2D eigenvalue weighted by atomic mass is 35.5. The minimum absolute atomic E-state index is 0. The number of thiazole rings is 1. The number of aromatic nitrogens is 3. The molecule has 0 fully saturated rings. The third kappa shape index (κ3) is 4.75. The number of methoxy groups -OCH3 is 1. The predicted molar refractivity (Wildman–Crippen MR) is 116 cm³/mol. The van der Waals surface area contributed by atoms with Crippen molar-refractivity contribution in [3.63, 3.8) is 0 Å². The number of anilines is 1. The van der Waals surface area contributed by atoms with Crippen LogP contribution in [0.1, 0.15) is 16.8 Å². The molecule has 0 spiro atoms. The second-order valence-electron chi connectivity index (χ2n) is 6.42. The van der Waals surface area contributed by atoms with Gasteiger partial charge < -0.3 is 9.64 Å². The van der Waals surface area contributed by atoms with Crippen molar-refractivity contribution in [3.8, 4) is 5.88 Å². The Morgan fingerprint density at radius 2 is 2.07 bits per heavy atom. The van der Waals surface area contributed by atoms with Gasteiger partial charge in [-0.25, -0.2) is 4.98 Å². The van der Waals surface area contributed by atoms with E-state index in [9.17, 15) is 4.79 Å². The molecule has 0 aliphatic carbocycles. The average Bonchev–Trinajstić information content (AvgIpc) is 3.22. The standard InChI is InChI=1S/C18H22ClN5O2S.ClH/c1-22(2)9-6-10-24(17(25)12-11-23(3)21-16(12)26-4)18-20-15-13(19)7-5-8-14(15)27-18;/h5,7-8,11H,6,9-10H2,1-4H3;1H. The van der Waals surface area contributed by atoms with Gasteiger partial charge in [0.25, 0.3) is 5.91 Å². The summed E-state index contributed by atoms with van der Waals surface area (Å²) in [5.41, 5.74) is 1.12. The summed E-state index contributed by atoms with van der Waals surface area (Å²) in [5.74, 6) is 0.119. The van der Waals surface area contributed by atoms with Crippen LogP contribution in [0.15, 0.2) is 24.4 Å². The van der Waals surface area contributed by atoms with Crippen molar-refractivity contribution in [1.29, 1.82) is 0 Å². The van der Waals surface area contributed by atoms with Gasteiger partial charge in [0.05, 0.1) is 16.8 Å². The summed E-state index contributed by atoms with van der Waals surface area (Å²) in [5, 5.41) is 5.39. The molecule has 1 aromatic carbocycles. The Kier molecular flexibility index (Phi) is 7.65. The molecule has 2 aromatic heterocycles. The molecule has 10 heteroatoms. The third-order valence-corrected chi connectivity index (χ3v) is 5.39. The average molecular weight is 444 g/mol. The molecule has 0 bridgehead atoms. The number of nitrogens with zero attached hydrogens (tertiary/aromatic N) is 5. The van der Waals surface area contributed by atoms with E-state index in [2.05, 4.69) is 15.0 Å². The third-order valence-electron chi connectivity index (χ3n) is 4.04. The normalized spacial score (nSPS) is 10.9. The van der Waals surface area contributed by atoms with Crippen molar-refractivity contribution in [3.05, 3.63) is 35.0 Å². The summed E-state index contributed by atoms with van der Waals surface area (Å²) in [7, 11) is 7.28. The van der Waals surface area contributed by atoms with Gasteiger partial charge in [-0.3, -0.25) is 14.4 Å². The number of aryl methyl sites for hydroxylation is 1. The van der Waals surface area contributed by atoms with E-state index < -0.39 is 0 Å². The summed E-state index contributed by atoms with van der Waals surface area (Å²) in [6, 6.07) is 5.64. The summed E-state index contributed by atoms with van der Waals surface area (Å²) < 4.78 is 7.78. The summed E-state index contributed by atoms with van der Waals surface area (Å²) in [4.78, 5) is 21.7. The number of benzene rings is 1. The van der Waals surface area contributed by atoms with Crippen LogP contribution in [0.2, 0.25) is 5.02 Å². The Hall–Kier alpha value is -1.87. The van der Waals surface area contributed by atoms with Crippen LogP contribution >= 0.6 is 35.3 Å². The highest BCUT2D eigenvalue weighted by molar-refractivity contribution is 7.22. The maximum absolute atomic E-state index is 13.3. The fourth-order valence-corrected chi connectivity index (χ4v) is 4.05. The molecule has 0 unspecified atom stereocenters. The smallest absolute Gasteiger partial charge is 0.267 e. The zero-order valence-electron chi connectivity index (χ0n) is 16.2. The molecule has 0 aliphatic heterocycles. The lowest BCUT2D eigenvalue weighted by Crippen LogP contribution is -2.33. The minimum Gasteiger partial charge on any atom is -0.479 e. The fraction of sp³-hybridized carbons (Fsp3) is 0.389. The first-order valence-electron chi connectivity index (χ1n) is 8.50. The zero-order chi connectivity index (χ0) is 19.6. The van der Waals surface area contributed by atoms with Gasteiger partial charge in [-0.2, -0.15) is 0 Å². The summed E-state index contributed by atoms with van der Waals surface area (Å²) >= 11 is 7.72. The van der Waals surface area contributed by atoms with Crippen molar-refractivity contribution >= 4 is 56.6 Å². The minimum atomic E-state index is -0.186. The van der Waals surface area contributed by atoms with Crippen LogP contribution in [0.4, 0.5) is 5.13 Å². The predicted octanol–water partition coefficient (Wildman–Crippen LogP) is 3.71. The topological polar surface area (TPSA) is 63.5 Å². The van der Waals surface area contributed by atoms with Gasteiger partial charge in [0.15, 0.2) is 5.13 Å². The van der Waals surface area contributed by atoms with Gasteiger partial charge in [-0.15, -0.1) is 17.5 Å². The van der Waals surface area contributed by atoms with Gasteiger partial charge in [0.1, 0.15) is 11.1 Å². The van der Waals surface area contributed by atoms with Crippen LogP contribution in [-0.4, -0.2) is 59.9 Å². The maximum atomic E-state index is 13.3. The quantitative estimate of drug-likeness (QED) is 0.556. The molecule has 0 saturated heterocycles. The van der Waals surface area contributed by atoms with Gasteiger partial charge >= 0.3 is 0 Å². The maximum Gasteiger partial charge on any atom is 0.267 e. The van der Waals surface area contributed by atoms with Gasteiger partial charge in [0, 0.05) is 19.8 Å². The fourth-order valence-electron chi connectivity index (χ4n) is 2.76. The van der Waals surface area contributed by atoms with Crippen LogP contribution in [-0.2, 0) is 7.05 Å². The van der Waals surface area contributed by atoms with Crippen LogP contribution in [0.3, 0.4) is 0 Å². The van der Waals surface area contributed by atoms with E-state index in [1.165, 1.54) is 18.4 Å². The number of fused-ring (bicyclic) bond motifs is 1. The second kappa shape index (κ2) is 9.56. The first-order valence-corrected chi connectivity index (χ1v) is 9.69. The molecule has 0 saturated carbocycles. The number of rotatable bonds is 7. The Balaban J connectivity index is 0.00000280. The zero-order valence-corrected chi connectivity index (χ0v) is 18.6. The van der Waals surface area contributed by atoms with E-state index in [4.69, 9.17) is 16.3 Å². The molecule has 0 radical (unpaired) electrons. The number of hydrogen-bond acceptors (Lipinski definition) is 6. The van der Waals surface area contributed by atoms with E-state index in [0.29, 0.717) is 33.7 Å². The molecular weight excluding hydrogens is 421 g/mol. The molecule has 0 atom stereocenters. The highest BCUT2D eigenvalue weighted by Gasteiger charge is 2.26. The van der Waals surface area contributed by atoms with Crippen molar-refractivity contribution in [2.24, 2.45) is 7.05 Å². The van der Waals surface area contributed by atoms with E-state index in [1.54, 1.807) is 28.9 Å². The Morgan fingerprint density at radius 1 is 1.32 bits per heavy atom. The lowest BCUT2D eigenvalue weighted by molar-refractivity contribution is 0.0983. The molecule has 152 valence electrons. The molecule has 3 rings (SSSR count). The molecular formula is C18H23Cl2N5O2S. The van der Waals surface area contributed by atoms with Gasteiger partial charge in [-0.1, -0.05) is 29.0 Å². The van der Waals surface area contributed by atoms with Crippen LogP contribution in [0, 0.1) is 0 Å². The molecule has 7 nitrogen and oxygen atoms in total. The largest absolute Gasteiger partial charge is 0.479 e. The Morgan fingerprint density at radius 3 is 2.71 bits per heavy atom. The number of amides is 1. The molecule has 28 heavy (non-hydrogen) atoms. The number of carbonyl (C=O) groups is 1. The van der Waals surface area contributed by atoms with Gasteiger partial charge in [-0.05, 0) is 39.2 Å². The highest BCUT2D eigenvalue weighted by Crippen LogP contribution is 2.34. The number of ether oxygens (including phenoxy) is 1. The summed E-state index contributed by atoms with van der Waals surface area (Å²) in [6.07, 6.45) is 2.48. The first-order chi connectivity index (χ1) is 12.9. The molecule has 0 N–H and O–H groups in total. The number of carbonyl (C=O) groups excluding carboxylic acids is 1. The Labute approximate surface area is 179 Å². The van der Waals surface area contributed by atoms with E-state index in [-0.39, 0.29) is 18.3 Å². The lowest BCUT2D eigenvalue weighted by Gasteiger charge is -2.20. The van der Waals surface area contributed by atoms with Crippen molar-refractivity contribution in [2.45, 2.75) is 6.42 Å². The van der Waals surface area contributed by atoms with E-state index in [1.807, 2.05) is 26.2 Å². The molecule has 3 aromatic rings. The van der Waals surface area contributed by atoms with E-state index in [0.717, 1.165) is 17.7 Å². The molecule has 2 heterocycles. The van der Waals surface area contributed by atoms with E-state index >= 15 is 0 Å². The second-order valence-corrected chi connectivity index (χ2v) is 7.84.